The maximum absolute atomic E-state index is 2.85. The van der Waals surface area contributed by atoms with Gasteiger partial charge in [-0.1, -0.05) is 97.8 Å². The molecule has 0 N–H and O–H groups in total. The molecular weight excluding hydrogens is 633 g/mol. The first-order valence-corrected chi connectivity index (χ1v) is 24.3. The van der Waals surface area contributed by atoms with E-state index in [1.807, 2.05) is 5.57 Å². The molecule has 51 heavy (non-hydrogen) atoms. The molecule has 0 nitrogen and oxygen atoms in total. The summed E-state index contributed by atoms with van der Waals surface area (Å²) in [5.74, 6) is 11.9. The van der Waals surface area contributed by atoms with Gasteiger partial charge in [-0.3, -0.25) is 0 Å². The second-order valence-corrected chi connectivity index (χ2v) is 21.6. The number of allylic oxidation sites excluding steroid dienone is 10. The summed E-state index contributed by atoms with van der Waals surface area (Å²) in [7, 11) is 0. The summed E-state index contributed by atoms with van der Waals surface area (Å²) in [5.41, 5.74) is 6.11. The van der Waals surface area contributed by atoms with Crippen molar-refractivity contribution >= 4 is 11.8 Å². The molecule has 5 fully saturated rings. The maximum atomic E-state index is 2.85. The fourth-order valence-electron chi connectivity index (χ4n) is 15.8. The molecule has 0 radical (unpaired) electrons. The van der Waals surface area contributed by atoms with Crippen LogP contribution in [0.3, 0.4) is 0 Å². The van der Waals surface area contributed by atoms with E-state index < -0.39 is 0 Å². The van der Waals surface area contributed by atoms with Gasteiger partial charge in [0.25, 0.3) is 0 Å². The lowest BCUT2D eigenvalue weighted by Crippen LogP contribution is -2.46. The highest BCUT2D eigenvalue weighted by Gasteiger charge is 2.54. The SMILES string of the molecule is C1=CC(C2C=CC(C3C4CCC(C5CCCC6SC7CCCCC7C65)CC4=C(C4CC=C(C5CCCCC5)CC4)C4CC=CCC43)CC2)CCC1. The van der Waals surface area contributed by atoms with Gasteiger partial charge in [-0.05, 0) is 199 Å². The van der Waals surface area contributed by atoms with Crippen LogP contribution in [0.15, 0.2) is 59.3 Å². The fourth-order valence-corrected chi connectivity index (χ4v) is 17.9. The van der Waals surface area contributed by atoms with Gasteiger partial charge in [0.2, 0.25) is 0 Å². The van der Waals surface area contributed by atoms with E-state index in [4.69, 9.17) is 0 Å². The van der Waals surface area contributed by atoms with Crippen LogP contribution >= 0.6 is 11.8 Å². The number of rotatable bonds is 5. The molecule has 0 amide bonds. The summed E-state index contributed by atoms with van der Waals surface area (Å²) in [6, 6.07) is 0. The molecule has 278 valence electrons. The fraction of sp³-hybridized carbons (Fsp3) is 0.800. The first-order chi connectivity index (χ1) is 25.3. The molecule has 4 saturated carbocycles. The Kier molecular flexibility index (Phi) is 10.4. The van der Waals surface area contributed by atoms with Gasteiger partial charge in [0, 0.05) is 10.5 Å². The largest absolute Gasteiger partial charge is 0.155 e. The van der Waals surface area contributed by atoms with Gasteiger partial charge in [-0.2, -0.15) is 11.8 Å². The Labute approximate surface area is 317 Å². The topological polar surface area (TPSA) is 0 Å². The third-order valence-corrected chi connectivity index (χ3v) is 19.8. The molecule has 0 aromatic heterocycles. The summed E-state index contributed by atoms with van der Waals surface area (Å²) in [4.78, 5) is 0. The zero-order valence-electron chi connectivity index (χ0n) is 32.3. The van der Waals surface area contributed by atoms with E-state index in [1.54, 1.807) is 32.1 Å². The molecular formula is C50H72S. The molecule has 9 aliphatic carbocycles. The Morgan fingerprint density at radius 3 is 2.14 bits per heavy atom. The molecule has 1 saturated heterocycles. The lowest BCUT2D eigenvalue weighted by molar-refractivity contribution is 0.0499. The highest BCUT2D eigenvalue weighted by atomic mass is 32.2. The standard InChI is InChI=1S/C50H72S/c1-3-12-33(13-4-1)35-22-26-37(27-23-35)48-41-16-7-8-17-42(41)49(38-28-24-36(25-29-38)34-14-5-2-6-15-34)45-32-39(30-31-43(45)48)40-19-11-21-47-50(40)44-18-9-10-20-46(44)51-47/h3,7-8,12,22,24,26,33-35,37-44,46-48,50H,1-2,4-6,9-11,13-21,23,25,27-32H2. The second-order valence-electron chi connectivity index (χ2n) is 20.2. The van der Waals surface area contributed by atoms with E-state index in [2.05, 4.69) is 65.4 Å². The number of hydrogen-bond acceptors (Lipinski definition) is 1. The van der Waals surface area contributed by atoms with E-state index in [0.29, 0.717) is 0 Å². The highest BCUT2D eigenvalue weighted by molar-refractivity contribution is 8.00. The summed E-state index contributed by atoms with van der Waals surface area (Å²) in [6.45, 7) is 0. The minimum Gasteiger partial charge on any atom is -0.155 e. The Morgan fingerprint density at radius 2 is 1.29 bits per heavy atom. The van der Waals surface area contributed by atoms with Crippen LogP contribution in [-0.4, -0.2) is 10.5 Å². The molecule has 1 heteroatoms. The van der Waals surface area contributed by atoms with Crippen molar-refractivity contribution in [2.75, 3.05) is 0 Å². The predicted octanol–water partition coefficient (Wildman–Crippen LogP) is 14.2. The quantitative estimate of drug-likeness (QED) is 0.257. The van der Waals surface area contributed by atoms with Crippen LogP contribution in [0.4, 0.5) is 0 Å². The van der Waals surface area contributed by atoms with Crippen molar-refractivity contribution in [2.45, 2.75) is 171 Å². The van der Waals surface area contributed by atoms with Gasteiger partial charge in [0.15, 0.2) is 0 Å². The average Bonchev–Trinajstić information content (AvgIpc) is 3.60. The number of hydrogen-bond donors (Lipinski definition) is 0. The van der Waals surface area contributed by atoms with Crippen molar-refractivity contribution in [1.29, 1.82) is 0 Å². The Morgan fingerprint density at radius 1 is 0.490 bits per heavy atom. The van der Waals surface area contributed by atoms with Gasteiger partial charge in [-0.15, -0.1) is 0 Å². The molecule has 10 rings (SSSR count). The van der Waals surface area contributed by atoms with Gasteiger partial charge in [0.1, 0.15) is 0 Å². The first kappa shape index (κ1) is 34.5. The molecule has 0 spiro atoms. The van der Waals surface area contributed by atoms with Crippen LogP contribution < -0.4 is 0 Å². The highest BCUT2D eigenvalue weighted by Crippen LogP contribution is 2.63. The maximum Gasteiger partial charge on any atom is 0.00840 e. The molecule has 0 aromatic carbocycles. The van der Waals surface area contributed by atoms with Crippen molar-refractivity contribution in [3.05, 3.63) is 59.3 Å². The summed E-state index contributed by atoms with van der Waals surface area (Å²) in [5, 5.41) is 2.03. The average molecular weight is 705 g/mol. The van der Waals surface area contributed by atoms with E-state index in [0.717, 1.165) is 87.4 Å². The Balaban J connectivity index is 0.978. The van der Waals surface area contributed by atoms with E-state index >= 15 is 0 Å². The zero-order chi connectivity index (χ0) is 33.7. The number of thioether (sulfide) groups is 1. The minimum absolute atomic E-state index is 0.810. The van der Waals surface area contributed by atoms with Gasteiger partial charge < -0.3 is 0 Å². The summed E-state index contributed by atoms with van der Waals surface area (Å²) in [6.07, 6.45) is 55.8. The van der Waals surface area contributed by atoms with Crippen molar-refractivity contribution < 1.29 is 0 Å². The smallest absolute Gasteiger partial charge is 0.00840 e. The molecule has 10 aliphatic rings. The van der Waals surface area contributed by atoms with Crippen molar-refractivity contribution in [3.63, 3.8) is 0 Å². The van der Waals surface area contributed by atoms with Gasteiger partial charge in [0.05, 0.1) is 0 Å². The van der Waals surface area contributed by atoms with Crippen LogP contribution in [0.5, 0.6) is 0 Å². The van der Waals surface area contributed by atoms with Crippen molar-refractivity contribution in [1.82, 2.24) is 0 Å². The van der Waals surface area contributed by atoms with Crippen LogP contribution in [0.1, 0.15) is 161 Å². The van der Waals surface area contributed by atoms with E-state index in [-0.39, 0.29) is 0 Å². The van der Waals surface area contributed by atoms with Crippen LogP contribution in [0, 0.1) is 76.9 Å². The lowest BCUT2D eigenvalue weighted by Gasteiger charge is -2.55. The molecule has 0 aromatic rings. The van der Waals surface area contributed by atoms with Crippen LogP contribution in [-0.2, 0) is 0 Å². The third-order valence-electron chi connectivity index (χ3n) is 17.9. The summed E-state index contributed by atoms with van der Waals surface area (Å²) < 4.78 is 0. The number of fused-ring (bicyclic) bond motifs is 5. The predicted molar refractivity (Wildman–Crippen MR) is 218 cm³/mol. The van der Waals surface area contributed by atoms with E-state index in [1.165, 1.54) is 128 Å². The second kappa shape index (κ2) is 15.3. The molecule has 14 atom stereocenters. The van der Waals surface area contributed by atoms with Crippen molar-refractivity contribution in [3.8, 4) is 0 Å². The summed E-state index contributed by atoms with van der Waals surface area (Å²) >= 11 is 2.51. The monoisotopic (exact) mass is 705 g/mol. The van der Waals surface area contributed by atoms with Gasteiger partial charge >= 0.3 is 0 Å². The van der Waals surface area contributed by atoms with Gasteiger partial charge in [-0.25, -0.2) is 0 Å². The van der Waals surface area contributed by atoms with Crippen molar-refractivity contribution in [2.24, 2.45) is 76.9 Å². The van der Waals surface area contributed by atoms with E-state index in [9.17, 15) is 0 Å². The lowest BCUT2D eigenvalue weighted by atomic mass is 9.50. The normalized spacial score (nSPS) is 47.3. The molecule has 0 bridgehead atoms. The third kappa shape index (κ3) is 6.62. The molecule has 1 aliphatic heterocycles. The Bertz CT molecular complexity index is 1390. The zero-order valence-corrected chi connectivity index (χ0v) is 33.1. The molecule has 1 heterocycles. The molecule has 14 unspecified atom stereocenters. The minimum atomic E-state index is 0.810. The van der Waals surface area contributed by atoms with Crippen LogP contribution in [0.25, 0.3) is 0 Å². The van der Waals surface area contributed by atoms with Crippen LogP contribution in [0.2, 0.25) is 0 Å². The first-order valence-electron chi connectivity index (χ1n) is 23.4. The Hall–Kier alpha value is -0.950.